The van der Waals surface area contributed by atoms with E-state index in [0.29, 0.717) is 13.0 Å². The fourth-order valence-corrected chi connectivity index (χ4v) is 1.46. The largest absolute Gasteiger partial charge is 0.435 e. The third kappa shape index (κ3) is 1.61. The van der Waals surface area contributed by atoms with Crippen molar-refractivity contribution in [3.8, 4) is 6.01 Å². The topological polar surface area (TPSA) is 113 Å². The van der Waals surface area contributed by atoms with E-state index in [-0.39, 0.29) is 17.5 Å². The Morgan fingerprint density at radius 1 is 1.81 bits per heavy atom. The first kappa shape index (κ1) is 10.2. The molecule has 0 saturated heterocycles. The maximum atomic E-state index is 10.5. The van der Waals surface area contributed by atoms with E-state index in [1.54, 1.807) is 5.94 Å². The number of rotatable bonds is 2. The molecule has 84 valence electrons. The average Bonchev–Trinajstić information content (AvgIpc) is 2.70. The highest BCUT2D eigenvalue weighted by molar-refractivity contribution is 5.52. The summed E-state index contributed by atoms with van der Waals surface area (Å²) >= 11 is 0. The fraction of sp³-hybridized carbons (Fsp3) is 0.375. The molecule has 1 aliphatic heterocycles. The number of aryl methyl sites for hydroxylation is 1. The van der Waals surface area contributed by atoms with Gasteiger partial charge >= 0.3 is 11.8 Å². The predicted octanol–water partition coefficient (Wildman–Crippen LogP) is -0.383. The van der Waals surface area contributed by atoms with E-state index in [2.05, 4.69) is 4.98 Å². The Labute approximate surface area is 89.5 Å². The van der Waals surface area contributed by atoms with Gasteiger partial charge in [-0.2, -0.15) is 0 Å². The van der Waals surface area contributed by atoms with E-state index >= 15 is 0 Å². The van der Waals surface area contributed by atoms with Crippen LogP contribution in [0.2, 0.25) is 0 Å². The quantitative estimate of drug-likeness (QED) is 0.416. The minimum Gasteiger partial charge on any atom is -0.435 e. The van der Waals surface area contributed by atoms with E-state index in [0.717, 1.165) is 0 Å². The molecule has 1 atom stereocenters. The van der Waals surface area contributed by atoms with Gasteiger partial charge in [0.15, 0.2) is 6.10 Å². The molecule has 0 radical (unpaired) electrons. The lowest BCUT2D eigenvalue weighted by molar-refractivity contribution is -0.389. The second-order valence-corrected chi connectivity index (χ2v) is 3.28. The first-order valence-electron chi connectivity index (χ1n) is 4.50. The Bertz CT molecular complexity index is 488. The van der Waals surface area contributed by atoms with Gasteiger partial charge in [0.25, 0.3) is 0 Å². The lowest BCUT2D eigenvalue weighted by Crippen LogP contribution is -2.31. The Morgan fingerprint density at radius 2 is 2.56 bits per heavy atom. The molecule has 2 N–H and O–H groups in total. The van der Waals surface area contributed by atoms with Crippen LogP contribution in [0.4, 0.5) is 5.82 Å². The van der Waals surface area contributed by atoms with E-state index in [1.807, 2.05) is 0 Å². The summed E-state index contributed by atoms with van der Waals surface area (Å²) in [5.41, 5.74) is 5.31. The molecule has 0 aliphatic carbocycles. The van der Waals surface area contributed by atoms with Gasteiger partial charge in [-0.1, -0.05) is 0 Å². The first-order valence-corrected chi connectivity index (χ1v) is 4.50. The van der Waals surface area contributed by atoms with Crippen LogP contribution in [-0.4, -0.2) is 26.5 Å². The molecular weight excluding hydrogens is 216 g/mol. The van der Waals surface area contributed by atoms with Crippen LogP contribution in [-0.2, 0) is 11.3 Å². The summed E-state index contributed by atoms with van der Waals surface area (Å²) < 4.78 is 6.74. The second kappa shape index (κ2) is 3.67. The smallest absolute Gasteiger partial charge is 0.414 e. The number of nitrogens with zero attached hydrogens (tertiary/aromatic N) is 3. The zero-order valence-corrected chi connectivity index (χ0v) is 8.12. The molecule has 0 amide bonds. The molecule has 0 spiro atoms. The molecule has 1 aromatic heterocycles. The van der Waals surface area contributed by atoms with Crippen LogP contribution >= 0.6 is 0 Å². The molecule has 2 heterocycles. The van der Waals surface area contributed by atoms with Crippen molar-refractivity contribution >= 4 is 11.8 Å². The van der Waals surface area contributed by atoms with Gasteiger partial charge in [0.2, 0.25) is 0 Å². The van der Waals surface area contributed by atoms with Crippen LogP contribution in [0.5, 0.6) is 6.01 Å². The monoisotopic (exact) mass is 224 g/mol. The van der Waals surface area contributed by atoms with Crippen LogP contribution in [0, 0.1) is 10.1 Å². The second-order valence-electron chi connectivity index (χ2n) is 3.28. The molecular formula is C8H8N4O4. The normalized spacial score (nSPS) is 18.1. The van der Waals surface area contributed by atoms with Crippen LogP contribution < -0.4 is 10.5 Å². The lowest BCUT2D eigenvalue weighted by Gasteiger charge is -2.20. The fourth-order valence-electron chi connectivity index (χ4n) is 1.46. The van der Waals surface area contributed by atoms with Crippen molar-refractivity contribution < 1.29 is 14.5 Å². The number of ether oxygens (including phenoxy) is 1. The summed E-state index contributed by atoms with van der Waals surface area (Å²) in [6.07, 6.45) is 1.14. The highest BCUT2D eigenvalue weighted by Gasteiger charge is 2.29. The van der Waals surface area contributed by atoms with Gasteiger partial charge in [0, 0.05) is 17.9 Å². The number of aromatic nitrogens is 2. The summed E-state index contributed by atoms with van der Waals surface area (Å²) in [6.45, 7) is 0.462. The third-order valence-electron chi connectivity index (χ3n) is 2.26. The molecule has 1 aliphatic rings. The predicted molar refractivity (Wildman–Crippen MR) is 51.3 cm³/mol. The summed E-state index contributed by atoms with van der Waals surface area (Å²) in [6, 6.07) is 0.0983. The molecule has 1 aromatic rings. The number of hydrogen-bond donors (Lipinski definition) is 1. The highest BCUT2D eigenvalue weighted by Crippen LogP contribution is 2.25. The number of imidazole rings is 1. The Hall–Kier alpha value is -2.34. The molecule has 8 nitrogen and oxygen atoms in total. The minimum absolute atomic E-state index is 0.0584. The SMILES string of the molecule is NC(=C=O)C1CCn2cc([N+](=O)[O-])nc2O1. The number of hydrogen-bond acceptors (Lipinski definition) is 6. The zero-order valence-electron chi connectivity index (χ0n) is 8.12. The van der Waals surface area contributed by atoms with Gasteiger partial charge in [0.05, 0.1) is 0 Å². The molecule has 16 heavy (non-hydrogen) atoms. The summed E-state index contributed by atoms with van der Waals surface area (Å²) in [5.74, 6) is 1.26. The number of fused-ring (bicyclic) bond motifs is 1. The lowest BCUT2D eigenvalue weighted by atomic mass is 10.2. The summed E-state index contributed by atoms with van der Waals surface area (Å²) in [7, 11) is 0. The van der Waals surface area contributed by atoms with Crippen molar-refractivity contribution in [1.82, 2.24) is 9.55 Å². The van der Waals surface area contributed by atoms with Gasteiger partial charge in [-0.05, 0) is 4.92 Å². The van der Waals surface area contributed by atoms with Crippen molar-refractivity contribution in [3.63, 3.8) is 0 Å². The zero-order chi connectivity index (χ0) is 11.7. The van der Waals surface area contributed by atoms with Gasteiger partial charge in [-0.15, -0.1) is 0 Å². The van der Waals surface area contributed by atoms with Crippen LogP contribution in [0.3, 0.4) is 0 Å². The van der Waals surface area contributed by atoms with Crippen LogP contribution in [0.1, 0.15) is 6.42 Å². The Morgan fingerprint density at radius 3 is 3.19 bits per heavy atom. The molecule has 0 aromatic carbocycles. The maximum Gasteiger partial charge on any atom is 0.414 e. The van der Waals surface area contributed by atoms with Crippen molar-refractivity contribution in [1.29, 1.82) is 0 Å². The van der Waals surface area contributed by atoms with Gasteiger partial charge in [-0.25, -0.2) is 4.79 Å². The molecule has 0 bridgehead atoms. The average molecular weight is 224 g/mol. The van der Waals surface area contributed by atoms with Gasteiger partial charge in [0.1, 0.15) is 17.8 Å². The molecule has 1 unspecified atom stereocenters. The van der Waals surface area contributed by atoms with E-state index in [9.17, 15) is 14.9 Å². The van der Waals surface area contributed by atoms with E-state index in [1.165, 1.54) is 10.8 Å². The van der Waals surface area contributed by atoms with Crippen molar-refractivity contribution in [2.24, 2.45) is 5.73 Å². The van der Waals surface area contributed by atoms with Crippen LogP contribution in [0.15, 0.2) is 11.9 Å². The van der Waals surface area contributed by atoms with Gasteiger partial charge < -0.3 is 20.6 Å². The molecule has 0 fully saturated rings. The Balaban J connectivity index is 2.27. The third-order valence-corrected chi connectivity index (χ3v) is 2.26. The van der Waals surface area contributed by atoms with Crippen molar-refractivity contribution in [2.45, 2.75) is 19.1 Å². The number of carbonyl (C=O) groups excluding carboxylic acids is 1. The molecule has 2 rings (SSSR count). The number of nitrogens with two attached hydrogens (primary N) is 1. The molecule has 0 saturated carbocycles. The maximum absolute atomic E-state index is 10.5. The standard InChI is InChI=1S/C8H8N4O4/c9-5(4-13)6-1-2-11-3-7(12(14)15)10-8(11)16-6/h3,6H,1-2,9H2. The number of nitro groups is 1. The molecule has 8 heteroatoms. The summed E-state index contributed by atoms with van der Waals surface area (Å²) in [5, 5.41) is 10.5. The highest BCUT2D eigenvalue weighted by atomic mass is 16.6. The van der Waals surface area contributed by atoms with Crippen molar-refractivity contribution in [2.75, 3.05) is 0 Å². The minimum atomic E-state index is -0.609. The first-order chi connectivity index (χ1) is 7.61. The van der Waals surface area contributed by atoms with E-state index < -0.39 is 11.0 Å². The Kier molecular flexibility index (Phi) is 2.34. The van der Waals surface area contributed by atoms with Crippen LogP contribution in [0.25, 0.3) is 0 Å². The van der Waals surface area contributed by atoms with E-state index in [4.69, 9.17) is 10.5 Å². The summed E-state index contributed by atoms with van der Waals surface area (Å²) in [4.78, 5) is 23.9. The van der Waals surface area contributed by atoms with Gasteiger partial charge in [-0.3, -0.25) is 4.57 Å². The van der Waals surface area contributed by atoms with Crippen molar-refractivity contribution in [3.05, 3.63) is 22.0 Å².